The summed E-state index contributed by atoms with van der Waals surface area (Å²) in [6.45, 7) is 5.58. The van der Waals surface area contributed by atoms with E-state index < -0.39 is 0 Å². The zero-order valence-corrected chi connectivity index (χ0v) is 8.38. The highest BCUT2D eigenvalue weighted by molar-refractivity contribution is 5.75. The van der Waals surface area contributed by atoms with Crippen LogP contribution in [0.1, 0.15) is 13.3 Å². The van der Waals surface area contributed by atoms with Gasteiger partial charge in [0.2, 0.25) is 5.91 Å². The van der Waals surface area contributed by atoms with E-state index in [0.29, 0.717) is 12.5 Å². The molecule has 4 heteroatoms. The molecule has 0 spiro atoms. The third-order valence-corrected chi connectivity index (χ3v) is 2.26. The standard InChI is InChI=1S/C9H18N2O2/c1-8-7-11(5-6-13-8)4-3-9(12)10-2/h8H,3-7H2,1-2H3,(H,10,12). The Balaban J connectivity index is 2.17. The highest BCUT2D eigenvalue weighted by Gasteiger charge is 2.16. The maximum absolute atomic E-state index is 11.0. The van der Waals surface area contributed by atoms with Gasteiger partial charge in [0.25, 0.3) is 0 Å². The second-order valence-corrected chi connectivity index (χ2v) is 3.41. The molecular weight excluding hydrogens is 168 g/mol. The lowest BCUT2D eigenvalue weighted by molar-refractivity contribution is -0.121. The first-order valence-corrected chi connectivity index (χ1v) is 4.77. The minimum absolute atomic E-state index is 0.110. The van der Waals surface area contributed by atoms with Gasteiger partial charge in [0.05, 0.1) is 12.7 Å². The second kappa shape index (κ2) is 5.19. The molecule has 1 saturated heterocycles. The number of morpholine rings is 1. The van der Waals surface area contributed by atoms with Gasteiger partial charge >= 0.3 is 0 Å². The van der Waals surface area contributed by atoms with Gasteiger partial charge in [-0.3, -0.25) is 9.69 Å². The molecule has 1 heterocycles. The van der Waals surface area contributed by atoms with Crippen LogP contribution in [0.5, 0.6) is 0 Å². The monoisotopic (exact) mass is 186 g/mol. The maximum atomic E-state index is 11.0. The predicted molar refractivity (Wildman–Crippen MR) is 50.5 cm³/mol. The Morgan fingerprint density at radius 2 is 2.46 bits per heavy atom. The van der Waals surface area contributed by atoms with Gasteiger partial charge in [-0.05, 0) is 6.92 Å². The van der Waals surface area contributed by atoms with Gasteiger partial charge in [0.1, 0.15) is 0 Å². The fourth-order valence-electron chi connectivity index (χ4n) is 1.48. The highest BCUT2D eigenvalue weighted by Crippen LogP contribution is 2.04. The van der Waals surface area contributed by atoms with Crippen molar-refractivity contribution in [3.05, 3.63) is 0 Å². The molecule has 0 radical (unpaired) electrons. The average Bonchev–Trinajstić information content (AvgIpc) is 2.14. The zero-order chi connectivity index (χ0) is 9.68. The fraction of sp³-hybridized carbons (Fsp3) is 0.889. The van der Waals surface area contributed by atoms with Crippen LogP contribution in [0, 0.1) is 0 Å². The molecule has 0 aromatic carbocycles. The van der Waals surface area contributed by atoms with E-state index in [9.17, 15) is 4.79 Å². The Hall–Kier alpha value is -0.610. The van der Waals surface area contributed by atoms with Crippen LogP contribution in [0.25, 0.3) is 0 Å². The summed E-state index contributed by atoms with van der Waals surface area (Å²) in [6, 6.07) is 0. The fourth-order valence-corrected chi connectivity index (χ4v) is 1.48. The van der Waals surface area contributed by atoms with E-state index in [1.807, 2.05) is 0 Å². The van der Waals surface area contributed by atoms with Crippen molar-refractivity contribution in [1.82, 2.24) is 10.2 Å². The van der Waals surface area contributed by atoms with Crippen LogP contribution in [0.15, 0.2) is 0 Å². The Morgan fingerprint density at radius 3 is 3.08 bits per heavy atom. The molecule has 76 valence electrons. The topological polar surface area (TPSA) is 41.6 Å². The normalized spacial score (nSPS) is 24.3. The first-order chi connectivity index (χ1) is 6.22. The van der Waals surface area contributed by atoms with Crippen molar-refractivity contribution in [3.63, 3.8) is 0 Å². The van der Waals surface area contributed by atoms with Crippen LogP contribution in [0.3, 0.4) is 0 Å². The van der Waals surface area contributed by atoms with Gasteiger partial charge in [-0.25, -0.2) is 0 Å². The number of hydrogen-bond acceptors (Lipinski definition) is 3. The van der Waals surface area contributed by atoms with Crippen LogP contribution in [-0.2, 0) is 9.53 Å². The first kappa shape index (κ1) is 10.5. The molecule has 1 rings (SSSR count). The van der Waals surface area contributed by atoms with Crippen molar-refractivity contribution in [1.29, 1.82) is 0 Å². The number of nitrogens with zero attached hydrogens (tertiary/aromatic N) is 1. The summed E-state index contributed by atoms with van der Waals surface area (Å²) in [4.78, 5) is 13.2. The summed E-state index contributed by atoms with van der Waals surface area (Å²) in [5.74, 6) is 0.110. The number of amides is 1. The lowest BCUT2D eigenvalue weighted by Crippen LogP contribution is -2.42. The molecule has 0 aliphatic carbocycles. The second-order valence-electron chi connectivity index (χ2n) is 3.41. The van der Waals surface area contributed by atoms with Gasteiger partial charge in [-0.2, -0.15) is 0 Å². The number of rotatable bonds is 3. The first-order valence-electron chi connectivity index (χ1n) is 4.77. The summed E-state index contributed by atoms with van der Waals surface area (Å²) >= 11 is 0. The third kappa shape index (κ3) is 3.74. The van der Waals surface area contributed by atoms with Crippen LogP contribution in [-0.4, -0.2) is 50.2 Å². The van der Waals surface area contributed by atoms with Crippen molar-refractivity contribution < 1.29 is 9.53 Å². The Morgan fingerprint density at radius 1 is 1.69 bits per heavy atom. The van der Waals surface area contributed by atoms with E-state index in [0.717, 1.165) is 26.2 Å². The summed E-state index contributed by atoms with van der Waals surface area (Å²) in [5, 5.41) is 2.62. The third-order valence-electron chi connectivity index (χ3n) is 2.26. The number of hydrogen-bond donors (Lipinski definition) is 1. The summed E-state index contributed by atoms with van der Waals surface area (Å²) < 4.78 is 5.40. The van der Waals surface area contributed by atoms with Crippen LogP contribution in [0.4, 0.5) is 0 Å². The Bertz CT molecular complexity index is 173. The van der Waals surface area contributed by atoms with E-state index in [-0.39, 0.29) is 5.91 Å². The Labute approximate surface area is 79.2 Å². The molecular formula is C9H18N2O2. The molecule has 1 atom stereocenters. The number of carbonyl (C=O) groups is 1. The number of nitrogens with one attached hydrogen (secondary N) is 1. The predicted octanol–water partition coefficient (Wildman–Crippen LogP) is -0.157. The molecule has 1 aliphatic heterocycles. The molecule has 1 amide bonds. The van der Waals surface area contributed by atoms with Crippen molar-refractivity contribution in [2.45, 2.75) is 19.4 Å². The van der Waals surface area contributed by atoms with Gasteiger partial charge < -0.3 is 10.1 Å². The molecule has 1 aliphatic rings. The van der Waals surface area contributed by atoms with Crippen molar-refractivity contribution in [2.24, 2.45) is 0 Å². The van der Waals surface area contributed by atoms with Crippen LogP contribution in [0.2, 0.25) is 0 Å². The molecule has 13 heavy (non-hydrogen) atoms. The smallest absolute Gasteiger partial charge is 0.221 e. The van der Waals surface area contributed by atoms with Gasteiger partial charge in [-0.15, -0.1) is 0 Å². The largest absolute Gasteiger partial charge is 0.376 e. The molecule has 4 nitrogen and oxygen atoms in total. The summed E-state index contributed by atoms with van der Waals surface area (Å²) in [5.41, 5.74) is 0. The SMILES string of the molecule is CNC(=O)CCN1CCOC(C)C1. The van der Waals surface area contributed by atoms with Crippen molar-refractivity contribution in [2.75, 3.05) is 33.3 Å². The zero-order valence-electron chi connectivity index (χ0n) is 8.38. The number of ether oxygens (including phenoxy) is 1. The van der Waals surface area contributed by atoms with E-state index in [1.165, 1.54) is 0 Å². The molecule has 0 bridgehead atoms. The van der Waals surface area contributed by atoms with Gasteiger partial charge in [0, 0.05) is 33.1 Å². The van der Waals surface area contributed by atoms with E-state index in [4.69, 9.17) is 4.74 Å². The molecule has 1 N–H and O–H groups in total. The van der Waals surface area contributed by atoms with Gasteiger partial charge in [-0.1, -0.05) is 0 Å². The van der Waals surface area contributed by atoms with E-state index >= 15 is 0 Å². The quantitative estimate of drug-likeness (QED) is 0.666. The van der Waals surface area contributed by atoms with Crippen LogP contribution < -0.4 is 5.32 Å². The van der Waals surface area contributed by atoms with Crippen molar-refractivity contribution >= 4 is 5.91 Å². The summed E-state index contributed by atoms with van der Waals surface area (Å²) in [6.07, 6.45) is 0.891. The van der Waals surface area contributed by atoms with Crippen LogP contribution >= 0.6 is 0 Å². The minimum Gasteiger partial charge on any atom is -0.376 e. The summed E-state index contributed by atoms with van der Waals surface area (Å²) in [7, 11) is 1.67. The van der Waals surface area contributed by atoms with Gasteiger partial charge in [0.15, 0.2) is 0 Å². The Kier molecular flexibility index (Phi) is 4.18. The highest BCUT2D eigenvalue weighted by atomic mass is 16.5. The van der Waals surface area contributed by atoms with E-state index in [2.05, 4.69) is 17.1 Å². The average molecular weight is 186 g/mol. The maximum Gasteiger partial charge on any atom is 0.221 e. The molecule has 0 aromatic rings. The molecule has 1 fully saturated rings. The van der Waals surface area contributed by atoms with E-state index in [1.54, 1.807) is 7.05 Å². The lowest BCUT2D eigenvalue weighted by Gasteiger charge is -2.30. The lowest BCUT2D eigenvalue weighted by atomic mass is 10.2. The minimum atomic E-state index is 0.110. The number of carbonyl (C=O) groups excluding carboxylic acids is 1. The van der Waals surface area contributed by atoms with Crippen molar-refractivity contribution in [3.8, 4) is 0 Å². The molecule has 0 aromatic heterocycles. The molecule has 1 unspecified atom stereocenters. The molecule has 0 saturated carbocycles.